The van der Waals surface area contributed by atoms with Gasteiger partial charge in [0.2, 0.25) is 0 Å². The molecular weight excluding hydrogens is 200 g/mol. The van der Waals surface area contributed by atoms with E-state index in [9.17, 15) is 8.42 Å². The van der Waals surface area contributed by atoms with Crippen molar-refractivity contribution in [2.45, 2.75) is 18.7 Å². The molecular formula is C10H14O3S. The number of aryl methyl sites for hydroxylation is 1. The van der Waals surface area contributed by atoms with Gasteiger partial charge >= 0.3 is 0 Å². The summed E-state index contributed by atoms with van der Waals surface area (Å²) in [6.07, 6.45) is 0. The molecule has 0 aliphatic heterocycles. The zero-order valence-corrected chi connectivity index (χ0v) is 9.39. The van der Waals surface area contributed by atoms with Crippen LogP contribution in [0.1, 0.15) is 12.5 Å². The third-order valence-corrected chi connectivity index (χ3v) is 3.85. The molecule has 0 saturated carbocycles. The van der Waals surface area contributed by atoms with E-state index in [0.29, 0.717) is 10.6 Å². The fourth-order valence-electron chi connectivity index (χ4n) is 1.16. The number of rotatable bonds is 3. The Morgan fingerprint density at radius 3 is 2.50 bits per heavy atom. The van der Waals surface area contributed by atoms with Gasteiger partial charge in [-0.1, -0.05) is 13.0 Å². The molecule has 0 spiro atoms. The van der Waals surface area contributed by atoms with Gasteiger partial charge in [-0.05, 0) is 24.6 Å². The summed E-state index contributed by atoms with van der Waals surface area (Å²) >= 11 is 0. The number of hydrogen-bond acceptors (Lipinski definition) is 3. The highest BCUT2D eigenvalue weighted by atomic mass is 32.2. The lowest BCUT2D eigenvalue weighted by Gasteiger charge is -2.07. The van der Waals surface area contributed by atoms with Crippen LogP contribution in [0.4, 0.5) is 0 Å². The Bertz CT molecular complexity index is 421. The van der Waals surface area contributed by atoms with Crippen LogP contribution in [-0.2, 0) is 9.84 Å². The molecule has 0 aliphatic rings. The molecule has 4 heteroatoms. The molecule has 0 atom stereocenters. The first kappa shape index (κ1) is 11.0. The van der Waals surface area contributed by atoms with Crippen LogP contribution in [0, 0.1) is 6.92 Å². The minimum absolute atomic E-state index is 0.110. The fourth-order valence-corrected chi connectivity index (χ4v) is 2.06. The Balaban J connectivity index is 3.26. The second kappa shape index (κ2) is 4.00. The van der Waals surface area contributed by atoms with Gasteiger partial charge in [0.1, 0.15) is 5.75 Å². The molecule has 1 aromatic rings. The van der Waals surface area contributed by atoms with Gasteiger partial charge in [-0.3, -0.25) is 0 Å². The lowest BCUT2D eigenvalue weighted by Crippen LogP contribution is -2.04. The van der Waals surface area contributed by atoms with Crippen molar-refractivity contribution >= 4 is 9.84 Å². The van der Waals surface area contributed by atoms with Crippen LogP contribution in [0.3, 0.4) is 0 Å². The van der Waals surface area contributed by atoms with Gasteiger partial charge in [0, 0.05) is 0 Å². The lowest BCUT2D eigenvalue weighted by molar-refractivity contribution is 0.410. The molecule has 0 N–H and O–H groups in total. The highest BCUT2D eigenvalue weighted by Gasteiger charge is 2.12. The maximum absolute atomic E-state index is 11.5. The summed E-state index contributed by atoms with van der Waals surface area (Å²) in [5, 5.41) is 0. The van der Waals surface area contributed by atoms with Gasteiger partial charge in [0.15, 0.2) is 9.84 Å². The van der Waals surface area contributed by atoms with Crippen LogP contribution < -0.4 is 4.74 Å². The van der Waals surface area contributed by atoms with Crippen LogP contribution in [-0.4, -0.2) is 21.3 Å². The Labute approximate surface area is 84.6 Å². The normalized spacial score (nSPS) is 11.4. The van der Waals surface area contributed by atoms with Crippen molar-refractivity contribution in [2.75, 3.05) is 12.9 Å². The molecule has 0 amide bonds. The molecule has 0 aliphatic carbocycles. The number of benzene rings is 1. The maximum atomic E-state index is 11.5. The van der Waals surface area contributed by atoms with Crippen molar-refractivity contribution in [2.24, 2.45) is 0 Å². The van der Waals surface area contributed by atoms with E-state index in [1.54, 1.807) is 25.1 Å². The third kappa shape index (κ3) is 2.07. The molecule has 0 bridgehead atoms. The summed E-state index contributed by atoms with van der Waals surface area (Å²) < 4.78 is 28.1. The zero-order chi connectivity index (χ0) is 10.8. The highest BCUT2D eigenvalue weighted by molar-refractivity contribution is 7.91. The summed E-state index contributed by atoms with van der Waals surface area (Å²) in [6.45, 7) is 3.50. The monoisotopic (exact) mass is 214 g/mol. The molecule has 0 saturated heterocycles. The van der Waals surface area contributed by atoms with Crippen molar-refractivity contribution < 1.29 is 13.2 Å². The van der Waals surface area contributed by atoms with E-state index in [1.165, 1.54) is 7.11 Å². The largest absolute Gasteiger partial charge is 0.496 e. The molecule has 0 aromatic heterocycles. The van der Waals surface area contributed by atoms with Crippen molar-refractivity contribution in [3.8, 4) is 5.75 Å². The van der Waals surface area contributed by atoms with Crippen molar-refractivity contribution in [3.05, 3.63) is 23.8 Å². The average Bonchev–Trinajstić information content (AvgIpc) is 2.18. The standard InChI is InChI=1S/C10H14O3S/c1-4-14(11,12)9-6-5-8(2)10(7-9)13-3/h5-7H,4H2,1-3H3. The van der Waals surface area contributed by atoms with E-state index in [2.05, 4.69) is 0 Å². The quantitative estimate of drug-likeness (QED) is 0.770. The van der Waals surface area contributed by atoms with Gasteiger partial charge in [-0.15, -0.1) is 0 Å². The second-order valence-electron chi connectivity index (χ2n) is 3.03. The summed E-state index contributed by atoms with van der Waals surface area (Å²) in [5.74, 6) is 0.721. The molecule has 3 nitrogen and oxygen atoms in total. The smallest absolute Gasteiger partial charge is 0.178 e. The van der Waals surface area contributed by atoms with Crippen LogP contribution in [0.5, 0.6) is 5.75 Å². The lowest BCUT2D eigenvalue weighted by atomic mass is 10.2. The maximum Gasteiger partial charge on any atom is 0.178 e. The van der Waals surface area contributed by atoms with Gasteiger partial charge < -0.3 is 4.74 Å². The van der Waals surface area contributed by atoms with E-state index in [4.69, 9.17) is 4.74 Å². The van der Waals surface area contributed by atoms with Crippen LogP contribution in [0.25, 0.3) is 0 Å². The van der Waals surface area contributed by atoms with E-state index < -0.39 is 9.84 Å². The van der Waals surface area contributed by atoms with Crippen LogP contribution in [0.15, 0.2) is 23.1 Å². The SMILES string of the molecule is CCS(=O)(=O)c1ccc(C)c(OC)c1. The highest BCUT2D eigenvalue weighted by Crippen LogP contribution is 2.22. The van der Waals surface area contributed by atoms with Crippen molar-refractivity contribution in [1.29, 1.82) is 0 Å². The van der Waals surface area contributed by atoms with Crippen molar-refractivity contribution in [3.63, 3.8) is 0 Å². The molecule has 0 fully saturated rings. The topological polar surface area (TPSA) is 43.4 Å². The number of hydrogen-bond donors (Lipinski definition) is 0. The molecule has 0 radical (unpaired) electrons. The van der Waals surface area contributed by atoms with E-state index in [1.807, 2.05) is 6.92 Å². The molecule has 0 heterocycles. The zero-order valence-electron chi connectivity index (χ0n) is 8.57. The summed E-state index contributed by atoms with van der Waals surface area (Å²) in [4.78, 5) is 0.322. The average molecular weight is 214 g/mol. The van der Waals surface area contributed by atoms with Crippen molar-refractivity contribution in [1.82, 2.24) is 0 Å². The summed E-state index contributed by atoms with van der Waals surface area (Å²) in [7, 11) is -1.60. The van der Waals surface area contributed by atoms with E-state index in [-0.39, 0.29) is 5.75 Å². The van der Waals surface area contributed by atoms with Gasteiger partial charge in [0.05, 0.1) is 17.8 Å². The third-order valence-electron chi connectivity index (χ3n) is 2.12. The first-order chi connectivity index (χ1) is 6.51. The molecule has 14 heavy (non-hydrogen) atoms. The summed E-state index contributed by atoms with van der Waals surface area (Å²) in [5.41, 5.74) is 0.933. The second-order valence-corrected chi connectivity index (χ2v) is 5.31. The first-order valence-corrected chi connectivity index (χ1v) is 6.04. The van der Waals surface area contributed by atoms with E-state index in [0.717, 1.165) is 5.56 Å². The Kier molecular flexibility index (Phi) is 3.16. The predicted molar refractivity (Wildman–Crippen MR) is 55.5 cm³/mol. The summed E-state index contributed by atoms with van der Waals surface area (Å²) in [6, 6.07) is 4.92. The molecule has 78 valence electrons. The Morgan fingerprint density at radius 1 is 1.36 bits per heavy atom. The number of methoxy groups -OCH3 is 1. The number of ether oxygens (including phenoxy) is 1. The fraction of sp³-hybridized carbons (Fsp3) is 0.400. The van der Waals surface area contributed by atoms with Crippen LogP contribution >= 0.6 is 0 Å². The van der Waals surface area contributed by atoms with E-state index >= 15 is 0 Å². The van der Waals surface area contributed by atoms with Crippen LogP contribution in [0.2, 0.25) is 0 Å². The molecule has 1 aromatic carbocycles. The molecule has 0 unspecified atom stereocenters. The Morgan fingerprint density at radius 2 is 2.00 bits per heavy atom. The predicted octanol–water partition coefficient (Wildman–Crippen LogP) is 1.80. The molecule has 1 rings (SSSR count). The van der Waals surface area contributed by atoms with Gasteiger partial charge in [-0.2, -0.15) is 0 Å². The Hall–Kier alpha value is -1.03. The minimum Gasteiger partial charge on any atom is -0.496 e. The van der Waals surface area contributed by atoms with Gasteiger partial charge in [0.25, 0.3) is 0 Å². The van der Waals surface area contributed by atoms with Gasteiger partial charge in [-0.25, -0.2) is 8.42 Å². The number of sulfone groups is 1. The first-order valence-electron chi connectivity index (χ1n) is 4.38. The minimum atomic E-state index is -3.13.